The lowest BCUT2D eigenvalue weighted by Gasteiger charge is -2.16. The van der Waals surface area contributed by atoms with Gasteiger partial charge in [0.15, 0.2) is 0 Å². The van der Waals surface area contributed by atoms with Crippen LogP contribution in [-0.2, 0) is 9.53 Å². The third-order valence-electron chi connectivity index (χ3n) is 2.41. The predicted molar refractivity (Wildman–Crippen MR) is 65.2 cm³/mol. The highest BCUT2D eigenvalue weighted by Gasteiger charge is 2.17. The average molecular weight is 290 g/mol. The van der Waals surface area contributed by atoms with Gasteiger partial charge in [-0.3, -0.25) is 0 Å². The molecule has 0 aromatic carbocycles. The first-order valence-electron chi connectivity index (χ1n) is 5.17. The third kappa shape index (κ3) is 3.73. The first-order valence-corrected chi connectivity index (χ1v) is 5.96. The minimum absolute atomic E-state index is 0.133. The second kappa shape index (κ2) is 6.83. The van der Waals surface area contributed by atoms with Crippen LogP contribution in [-0.4, -0.2) is 37.9 Å². The quantitative estimate of drug-likeness (QED) is 0.588. The fourth-order valence-corrected chi connectivity index (χ4v) is 2.13. The number of aliphatic hydroxyl groups is 1. The first kappa shape index (κ1) is 13.4. The number of carbonyl (C=O) groups is 1. The van der Waals surface area contributed by atoms with E-state index in [1.807, 2.05) is 6.08 Å². The number of halogens is 1. The van der Waals surface area contributed by atoms with Crippen LogP contribution in [0.15, 0.2) is 21.7 Å². The second-order valence-electron chi connectivity index (χ2n) is 3.51. The van der Waals surface area contributed by atoms with Crippen molar-refractivity contribution in [2.75, 3.05) is 26.8 Å². The summed E-state index contributed by atoms with van der Waals surface area (Å²) in [6.07, 6.45) is 3.35. The zero-order valence-corrected chi connectivity index (χ0v) is 10.8. The van der Waals surface area contributed by atoms with E-state index in [2.05, 4.69) is 26.0 Å². The Hall–Kier alpha value is -0.650. The maximum Gasteiger partial charge on any atom is 0.333 e. The molecule has 90 valence electrons. The lowest BCUT2D eigenvalue weighted by Crippen LogP contribution is -2.22. The summed E-state index contributed by atoms with van der Waals surface area (Å²) in [4.78, 5) is 11.3. The van der Waals surface area contributed by atoms with Crippen LogP contribution in [0.25, 0.3) is 0 Å². The molecule has 0 bridgehead atoms. The topological polar surface area (TPSA) is 58.6 Å². The van der Waals surface area contributed by atoms with Gasteiger partial charge >= 0.3 is 5.97 Å². The molecule has 0 aromatic rings. The summed E-state index contributed by atoms with van der Waals surface area (Å²) in [6, 6.07) is 0. The summed E-state index contributed by atoms with van der Waals surface area (Å²) in [6.45, 7) is 1.44. The fraction of sp³-hybridized carbons (Fsp3) is 0.545. The van der Waals surface area contributed by atoms with Gasteiger partial charge in [0, 0.05) is 23.1 Å². The summed E-state index contributed by atoms with van der Waals surface area (Å²) in [5.74, 6) is -0.265. The van der Waals surface area contributed by atoms with Crippen molar-refractivity contribution in [1.82, 2.24) is 5.32 Å². The van der Waals surface area contributed by atoms with Gasteiger partial charge in [-0.15, -0.1) is 0 Å². The normalized spacial score (nSPS) is 16.1. The number of nitrogens with one attached hydrogen (secondary N) is 1. The average Bonchev–Trinajstić information content (AvgIpc) is 2.30. The van der Waals surface area contributed by atoms with E-state index in [9.17, 15) is 4.79 Å². The van der Waals surface area contributed by atoms with Crippen molar-refractivity contribution in [3.8, 4) is 0 Å². The van der Waals surface area contributed by atoms with Gasteiger partial charge < -0.3 is 15.2 Å². The first-order chi connectivity index (χ1) is 7.69. The smallest absolute Gasteiger partial charge is 0.333 e. The largest absolute Gasteiger partial charge is 0.466 e. The number of ether oxygens (including phenoxy) is 1. The van der Waals surface area contributed by atoms with Crippen LogP contribution in [0.1, 0.15) is 12.8 Å². The fourth-order valence-electron chi connectivity index (χ4n) is 1.52. The molecular weight excluding hydrogens is 274 g/mol. The van der Waals surface area contributed by atoms with Crippen LogP contribution in [0, 0.1) is 0 Å². The van der Waals surface area contributed by atoms with E-state index in [-0.39, 0.29) is 12.6 Å². The molecule has 1 aliphatic rings. The Balaban J connectivity index is 2.60. The van der Waals surface area contributed by atoms with Crippen molar-refractivity contribution in [2.45, 2.75) is 12.8 Å². The molecule has 0 amide bonds. The zero-order valence-electron chi connectivity index (χ0n) is 9.25. The van der Waals surface area contributed by atoms with Crippen LogP contribution in [0.5, 0.6) is 0 Å². The highest BCUT2D eigenvalue weighted by molar-refractivity contribution is 9.11. The molecule has 0 fully saturated rings. The Morgan fingerprint density at radius 2 is 2.38 bits per heavy atom. The predicted octanol–water partition coefficient (Wildman–Crippen LogP) is 1.11. The van der Waals surface area contributed by atoms with Gasteiger partial charge in [-0.25, -0.2) is 4.79 Å². The number of esters is 1. The summed E-state index contributed by atoms with van der Waals surface area (Å²) in [5, 5.41) is 11.8. The molecule has 1 aliphatic carbocycles. The summed E-state index contributed by atoms with van der Waals surface area (Å²) in [7, 11) is 1.39. The summed E-state index contributed by atoms with van der Waals surface area (Å²) < 4.78 is 5.61. The number of carbonyl (C=O) groups excluding carboxylic acids is 1. The van der Waals surface area contributed by atoms with Gasteiger partial charge in [-0.2, -0.15) is 0 Å². The molecule has 0 saturated carbocycles. The molecular formula is C11H16BrNO3. The Bertz CT molecular complexity index is 323. The molecule has 0 aromatic heterocycles. The molecule has 2 N–H and O–H groups in total. The zero-order chi connectivity index (χ0) is 12.0. The molecule has 0 spiro atoms. The van der Waals surface area contributed by atoms with Crippen LogP contribution < -0.4 is 5.32 Å². The van der Waals surface area contributed by atoms with E-state index >= 15 is 0 Å². The highest BCUT2D eigenvalue weighted by Crippen LogP contribution is 2.27. The van der Waals surface area contributed by atoms with Gasteiger partial charge in [0.2, 0.25) is 0 Å². The number of hydrogen-bond donors (Lipinski definition) is 2. The molecule has 0 heterocycles. The van der Waals surface area contributed by atoms with Crippen LogP contribution in [0.4, 0.5) is 0 Å². The lowest BCUT2D eigenvalue weighted by molar-refractivity contribution is -0.136. The van der Waals surface area contributed by atoms with Crippen molar-refractivity contribution in [3.63, 3.8) is 0 Å². The molecule has 0 aliphatic heterocycles. The molecule has 1 rings (SSSR count). The van der Waals surface area contributed by atoms with Crippen LogP contribution in [0.2, 0.25) is 0 Å². The molecule has 0 radical (unpaired) electrons. The van der Waals surface area contributed by atoms with E-state index in [0.717, 1.165) is 17.4 Å². The maximum absolute atomic E-state index is 11.3. The number of hydrogen-bond acceptors (Lipinski definition) is 4. The van der Waals surface area contributed by atoms with Gasteiger partial charge in [0.25, 0.3) is 0 Å². The molecule has 0 unspecified atom stereocenters. The van der Waals surface area contributed by atoms with E-state index in [4.69, 9.17) is 5.11 Å². The highest BCUT2D eigenvalue weighted by atomic mass is 79.9. The van der Waals surface area contributed by atoms with Crippen molar-refractivity contribution >= 4 is 21.9 Å². The Kier molecular flexibility index (Phi) is 5.73. The maximum atomic E-state index is 11.3. The standard InChI is InChI=1S/C11H16BrNO3/c1-16-11(15)8-2-3-9(10(12)6-8)7-13-4-5-14/h6,13-14H,2-5,7H2,1H3. The van der Waals surface area contributed by atoms with Crippen molar-refractivity contribution in [2.24, 2.45) is 0 Å². The Morgan fingerprint density at radius 1 is 1.62 bits per heavy atom. The van der Waals surface area contributed by atoms with Crippen LogP contribution >= 0.6 is 15.9 Å². The molecule has 0 atom stereocenters. The number of rotatable bonds is 5. The molecule has 5 heteroatoms. The molecule has 16 heavy (non-hydrogen) atoms. The number of aliphatic hydroxyl groups excluding tert-OH is 1. The number of methoxy groups -OCH3 is 1. The van der Waals surface area contributed by atoms with Gasteiger partial charge in [0.05, 0.1) is 13.7 Å². The summed E-state index contributed by atoms with van der Waals surface area (Å²) >= 11 is 3.44. The van der Waals surface area contributed by atoms with E-state index in [1.54, 1.807) is 0 Å². The molecule has 0 saturated heterocycles. The Morgan fingerprint density at radius 3 is 2.94 bits per heavy atom. The van der Waals surface area contributed by atoms with Crippen molar-refractivity contribution in [3.05, 3.63) is 21.7 Å². The Labute approximate surface area is 103 Å². The lowest BCUT2D eigenvalue weighted by atomic mass is 9.98. The minimum atomic E-state index is -0.265. The van der Waals surface area contributed by atoms with E-state index in [0.29, 0.717) is 18.5 Å². The van der Waals surface area contributed by atoms with Crippen LogP contribution in [0.3, 0.4) is 0 Å². The summed E-state index contributed by atoms with van der Waals surface area (Å²) in [5.41, 5.74) is 1.90. The number of allylic oxidation sites excluding steroid dienone is 2. The van der Waals surface area contributed by atoms with Crippen molar-refractivity contribution < 1.29 is 14.6 Å². The third-order valence-corrected chi connectivity index (χ3v) is 3.20. The SMILES string of the molecule is COC(=O)C1=CC(Br)=C(CNCCO)CC1. The second-order valence-corrected chi connectivity index (χ2v) is 4.37. The monoisotopic (exact) mass is 289 g/mol. The van der Waals surface area contributed by atoms with Gasteiger partial charge in [0.1, 0.15) is 0 Å². The van der Waals surface area contributed by atoms with Gasteiger partial charge in [-0.1, -0.05) is 15.9 Å². The van der Waals surface area contributed by atoms with Crippen molar-refractivity contribution in [1.29, 1.82) is 0 Å². The minimum Gasteiger partial charge on any atom is -0.466 e. The van der Waals surface area contributed by atoms with Gasteiger partial charge in [-0.05, 0) is 24.5 Å². The van der Waals surface area contributed by atoms with E-state index in [1.165, 1.54) is 12.7 Å². The van der Waals surface area contributed by atoms with E-state index < -0.39 is 0 Å². The molecule has 4 nitrogen and oxygen atoms in total.